The van der Waals surface area contributed by atoms with E-state index in [0.717, 1.165) is 33.3 Å². The van der Waals surface area contributed by atoms with Gasteiger partial charge in [-0.15, -0.1) is 0 Å². The number of rotatable bonds is 4. The molecule has 0 radical (unpaired) electrons. The Morgan fingerprint density at radius 3 is 2.57 bits per heavy atom. The molecule has 5 nitrogen and oxygen atoms in total. The molecule has 0 aliphatic rings. The molecule has 0 fully saturated rings. The Morgan fingerprint density at radius 2 is 1.83 bits per heavy atom. The summed E-state index contributed by atoms with van der Waals surface area (Å²) < 4.78 is 0. The standard InChI is InChI=1S/C25H23N3O2/c1-16-6-9-23-20(11-16)13-21(24(29)27-23)15-28(22-8-7-17(2)18(3)12-22)25(30)19-5-4-10-26-14-19/h4-14H,15H2,1-3H3,(H,27,29). The maximum absolute atomic E-state index is 13.3. The van der Waals surface area contributed by atoms with Gasteiger partial charge in [-0.3, -0.25) is 14.6 Å². The largest absolute Gasteiger partial charge is 0.322 e. The van der Waals surface area contributed by atoms with E-state index in [1.807, 2.05) is 63.2 Å². The summed E-state index contributed by atoms with van der Waals surface area (Å²) in [5.41, 5.74) is 5.68. The number of pyridine rings is 2. The van der Waals surface area contributed by atoms with Gasteiger partial charge in [-0.25, -0.2) is 0 Å². The van der Waals surface area contributed by atoms with Gasteiger partial charge >= 0.3 is 0 Å². The lowest BCUT2D eigenvalue weighted by atomic mass is 10.1. The number of nitrogens with zero attached hydrogens (tertiary/aromatic N) is 2. The van der Waals surface area contributed by atoms with Gasteiger partial charge in [-0.1, -0.05) is 17.7 Å². The number of aromatic nitrogens is 2. The number of hydrogen-bond donors (Lipinski definition) is 1. The van der Waals surface area contributed by atoms with Crippen LogP contribution in [-0.4, -0.2) is 15.9 Å². The van der Waals surface area contributed by atoms with E-state index < -0.39 is 0 Å². The van der Waals surface area contributed by atoms with Crippen molar-refractivity contribution in [1.29, 1.82) is 0 Å². The fraction of sp³-hybridized carbons (Fsp3) is 0.160. The number of amides is 1. The van der Waals surface area contributed by atoms with Crippen LogP contribution in [0.5, 0.6) is 0 Å². The van der Waals surface area contributed by atoms with Crippen LogP contribution >= 0.6 is 0 Å². The number of benzene rings is 2. The lowest BCUT2D eigenvalue weighted by Gasteiger charge is -2.24. The molecule has 4 aromatic rings. The van der Waals surface area contributed by atoms with Crippen LogP contribution < -0.4 is 10.5 Å². The van der Waals surface area contributed by atoms with Crippen molar-refractivity contribution in [2.24, 2.45) is 0 Å². The Morgan fingerprint density at radius 1 is 1.00 bits per heavy atom. The smallest absolute Gasteiger partial charge is 0.260 e. The maximum atomic E-state index is 13.3. The van der Waals surface area contributed by atoms with Crippen molar-refractivity contribution >= 4 is 22.5 Å². The van der Waals surface area contributed by atoms with E-state index in [0.29, 0.717) is 11.1 Å². The molecular formula is C25H23N3O2. The molecule has 0 aliphatic carbocycles. The number of hydrogen-bond acceptors (Lipinski definition) is 3. The van der Waals surface area contributed by atoms with Crippen molar-refractivity contribution in [2.45, 2.75) is 27.3 Å². The first-order valence-corrected chi connectivity index (χ1v) is 9.84. The number of H-pyrrole nitrogens is 1. The first-order chi connectivity index (χ1) is 14.4. The SMILES string of the molecule is Cc1ccc2[nH]c(=O)c(CN(C(=O)c3cccnc3)c3ccc(C)c(C)c3)cc2c1. The van der Waals surface area contributed by atoms with Gasteiger partial charge in [0.2, 0.25) is 0 Å². The topological polar surface area (TPSA) is 66.1 Å². The Labute approximate surface area is 175 Å². The van der Waals surface area contributed by atoms with Crippen LogP contribution in [0.1, 0.15) is 32.6 Å². The maximum Gasteiger partial charge on any atom is 0.260 e. The highest BCUT2D eigenvalue weighted by Crippen LogP contribution is 2.23. The zero-order valence-electron chi connectivity index (χ0n) is 17.3. The monoisotopic (exact) mass is 397 g/mol. The second-order valence-corrected chi connectivity index (χ2v) is 7.62. The highest BCUT2D eigenvalue weighted by Gasteiger charge is 2.20. The van der Waals surface area contributed by atoms with E-state index >= 15 is 0 Å². The number of aryl methyl sites for hydroxylation is 3. The molecule has 1 N–H and O–H groups in total. The molecule has 0 aliphatic heterocycles. The van der Waals surface area contributed by atoms with Crippen LogP contribution in [0, 0.1) is 20.8 Å². The quantitative estimate of drug-likeness (QED) is 0.543. The molecule has 30 heavy (non-hydrogen) atoms. The number of carbonyl (C=O) groups excluding carboxylic acids is 1. The fourth-order valence-electron chi connectivity index (χ4n) is 3.48. The Hall–Kier alpha value is -3.73. The minimum atomic E-state index is -0.199. The summed E-state index contributed by atoms with van der Waals surface area (Å²) in [5.74, 6) is -0.199. The van der Waals surface area contributed by atoms with Gasteiger partial charge in [-0.05, 0) is 79.7 Å². The van der Waals surface area contributed by atoms with E-state index in [9.17, 15) is 9.59 Å². The molecular weight excluding hydrogens is 374 g/mol. The Bertz CT molecular complexity index is 1290. The molecule has 0 unspecified atom stereocenters. The van der Waals surface area contributed by atoms with Gasteiger partial charge in [0.25, 0.3) is 11.5 Å². The van der Waals surface area contributed by atoms with E-state index in [1.165, 1.54) is 0 Å². The number of fused-ring (bicyclic) bond motifs is 1. The molecule has 0 saturated carbocycles. The third-order valence-corrected chi connectivity index (χ3v) is 5.36. The van der Waals surface area contributed by atoms with Crippen molar-refractivity contribution in [1.82, 2.24) is 9.97 Å². The van der Waals surface area contributed by atoms with E-state index in [2.05, 4.69) is 9.97 Å². The Balaban J connectivity index is 1.81. The molecule has 0 bridgehead atoms. The number of carbonyl (C=O) groups is 1. The minimum absolute atomic E-state index is 0.162. The van der Waals surface area contributed by atoms with Crippen molar-refractivity contribution in [3.63, 3.8) is 0 Å². The van der Waals surface area contributed by atoms with E-state index in [1.54, 1.807) is 29.4 Å². The van der Waals surface area contributed by atoms with Crippen molar-refractivity contribution < 1.29 is 4.79 Å². The van der Waals surface area contributed by atoms with Gasteiger partial charge in [0, 0.05) is 29.2 Å². The fourth-order valence-corrected chi connectivity index (χ4v) is 3.48. The van der Waals surface area contributed by atoms with Crippen LogP contribution in [0.3, 0.4) is 0 Å². The molecule has 0 saturated heterocycles. The second-order valence-electron chi connectivity index (χ2n) is 7.62. The normalized spacial score (nSPS) is 10.9. The summed E-state index contributed by atoms with van der Waals surface area (Å²) in [5, 5.41) is 0.943. The van der Waals surface area contributed by atoms with Crippen molar-refractivity contribution in [2.75, 3.05) is 4.90 Å². The molecule has 150 valence electrons. The van der Waals surface area contributed by atoms with Crippen LogP contribution in [0.15, 0.2) is 71.8 Å². The van der Waals surface area contributed by atoms with Gasteiger partial charge in [0.1, 0.15) is 0 Å². The molecule has 0 atom stereocenters. The molecule has 2 aromatic heterocycles. The highest BCUT2D eigenvalue weighted by atomic mass is 16.2. The third-order valence-electron chi connectivity index (χ3n) is 5.36. The van der Waals surface area contributed by atoms with E-state index in [-0.39, 0.29) is 18.0 Å². The van der Waals surface area contributed by atoms with Crippen molar-refractivity contribution in [3.05, 3.63) is 105 Å². The summed E-state index contributed by atoms with van der Waals surface area (Å²) in [7, 11) is 0. The lowest BCUT2D eigenvalue weighted by molar-refractivity contribution is 0.0984. The van der Waals surface area contributed by atoms with Crippen LogP contribution in [-0.2, 0) is 6.54 Å². The van der Waals surface area contributed by atoms with Crippen LogP contribution in [0.4, 0.5) is 5.69 Å². The lowest BCUT2D eigenvalue weighted by Crippen LogP contribution is -2.33. The molecule has 1 amide bonds. The number of aromatic amines is 1. The summed E-state index contributed by atoms with van der Waals surface area (Å²) in [6.45, 7) is 6.22. The number of anilines is 1. The molecule has 0 spiro atoms. The minimum Gasteiger partial charge on any atom is -0.322 e. The van der Waals surface area contributed by atoms with Crippen molar-refractivity contribution in [3.8, 4) is 0 Å². The second kappa shape index (κ2) is 7.95. The van der Waals surface area contributed by atoms with Crippen LogP contribution in [0.25, 0.3) is 10.9 Å². The predicted octanol–water partition coefficient (Wildman–Crippen LogP) is 4.70. The van der Waals surface area contributed by atoms with Gasteiger partial charge in [-0.2, -0.15) is 0 Å². The highest BCUT2D eigenvalue weighted by molar-refractivity contribution is 6.05. The molecule has 5 heteroatoms. The average Bonchev–Trinajstić information content (AvgIpc) is 2.74. The zero-order chi connectivity index (χ0) is 21.3. The molecule has 4 rings (SSSR count). The summed E-state index contributed by atoms with van der Waals surface area (Å²) in [6.07, 6.45) is 3.18. The predicted molar refractivity (Wildman–Crippen MR) is 120 cm³/mol. The van der Waals surface area contributed by atoms with E-state index in [4.69, 9.17) is 0 Å². The summed E-state index contributed by atoms with van der Waals surface area (Å²) in [4.78, 5) is 34.8. The first-order valence-electron chi connectivity index (χ1n) is 9.84. The zero-order valence-corrected chi connectivity index (χ0v) is 17.3. The first kappa shape index (κ1) is 19.6. The average molecular weight is 397 g/mol. The van der Waals surface area contributed by atoms with Gasteiger partial charge < -0.3 is 9.88 Å². The summed E-state index contributed by atoms with van der Waals surface area (Å²) in [6, 6.07) is 17.1. The molecule has 2 heterocycles. The third kappa shape index (κ3) is 3.87. The number of nitrogens with one attached hydrogen (secondary N) is 1. The molecule has 2 aromatic carbocycles. The van der Waals surface area contributed by atoms with Gasteiger partial charge in [0.15, 0.2) is 0 Å². The van der Waals surface area contributed by atoms with Gasteiger partial charge in [0.05, 0.1) is 12.1 Å². The van der Waals surface area contributed by atoms with Crippen LogP contribution in [0.2, 0.25) is 0 Å². The Kier molecular flexibility index (Phi) is 5.19. The summed E-state index contributed by atoms with van der Waals surface area (Å²) >= 11 is 0.